The lowest BCUT2D eigenvalue weighted by Crippen LogP contribution is -2.48. The van der Waals surface area contributed by atoms with Crippen LogP contribution in [0.2, 0.25) is 5.02 Å². The molecule has 0 aromatic heterocycles. The average molecular weight is 420 g/mol. The normalized spacial score (nSPS) is 31.1. The van der Waals surface area contributed by atoms with Crippen LogP contribution < -0.4 is 4.72 Å². The maximum absolute atomic E-state index is 13.3. The summed E-state index contributed by atoms with van der Waals surface area (Å²) < 4.78 is 41.2. The van der Waals surface area contributed by atoms with Crippen LogP contribution >= 0.6 is 11.6 Å². The van der Waals surface area contributed by atoms with Crippen molar-refractivity contribution in [1.82, 2.24) is 0 Å². The molecule has 4 fully saturated rings. The quantitative estimate of drug-likeness (QED) is 0.686. The maximum Gasteiger partial charge on any atom is 0.261 e. The van der Waals surface area contributed by atoms with Crippen molar-refractivity contribution < 1.29 is 12.8 Å². The fourth-order valence-electron chi connectivity index (χ4n) is 6.23. The average Bonchev–Trinajstić information content (AvgIpc) is 2.64. The van der Waals surface area contributed by atoms with Gasteiger partial charge in [-0.15, -0.1) is 0 Å². The fourth-order valence-corrected chi connectivity index (χ4v) is 7.46. The summed E-state index contributed by atoms with van der Waals surface area (Å²) in [5, 5.41) is -0.114. The molecule has 0 spiro atoms. The summed E-state index contributed by atoms with van der Waals surface area (Å²) in [6, 6.07) is 11.2. The molecule has 3 nitrogen and oxygen atoms in total. The lowest BCUT2D eigenvalue weighted by atomic mass is 9.48. The topological polar surface area (TPSA) is 46.2 Å². The molecule has 4 bridgehead atoms. The smallest absolute Gasteiger partial charge is 0.261 e. The molecule has 4 aliphatic carbocycles. The third kappa shape index (κ3) is 3.13. The molecule has 0 atom stereocenters. The van der Waals surface area contributed by atoms with Crippen molar-refractivity contribution in [3.8, 4) is 0 Å². The zero-order valence-electron chi connectivity index (χ0n) is 15.5. The van der Waals surface area contributed by atoms with Gasteiger partial charge in [0.1, 0.15) is 5.82 Å². The summed E-state index contributed by atoms with van der Waals surface area (Å²) in [4.78, 5) is 0.210. The van der Waals surface area contributed by atoms with E-state index < -0.39 is 15.8 Å². The first-order chi connectivity index (χ1) is 13.3. The second kappa shape index (κ2) is 6.46. The predicted octanol–water partition coefficient (Wildman–Crippen LogP) is 5.75. The molecule has 2 aromatic rings. The van der Waals surface area contributed by atoms with Crippen molar-refractivity contribution in [1.29, 1.82) is 0 Å². The number of nitrogens with one attached hydrogen (secondary N) is 1. The van der Waals surface area contributed by atoms with Crippen molar-refractivity contribution in [2.24, 2.45) is 17.8 Å². The van der Waals surface area contributed by atoms with E-state index in [0.29, 0.717) is 0 Å². The van der Waals surface area contributed by atoms with E-state index in [1.807, 2.05) is 12.1 Å². The van der Waals surface area contributed by atoms with Gasteiger partial charge in [-0.25, -0.2) is 12.8 Å². The Hall–Kier alpha value is -1.59. The van der Waals surface area contributed by atoms with Crippen LogP contribution in [-0.4, -0.2) is 8.42 Å². The first-order valence-electron chi connectivity index (χ1n) is 9.91. The Morgan fingerprint density at radius 2 is 1.50 bits per heavy atom. The highest BCUT2D eigenvalue weighted by Gasteiger charge is 2.51. The highest BCUT2D eigenvalue weighted by molar-refractivity contribution is 7.92. The number of hydrogen-bond donors (Lipinski definition) is 1. The number of anilines is 1. The molecule has 4 saturated carbocycles. The SMILES string of the molecule is O=S(=O)(Nc1ccc(F)c(Cl)c1)c1ccc(C23CC4CC(CC(C4)C2)C3)cc1. The van der Waals surface area contributed by atoms with Gasteiger partial charge in [-0.1, -0.05) is 23.7 Å². The summed E-state index contributed by atoms with van der Waals surface area (Å²) in [6.07, 6.45) is 7.90. The first kappa shape index (κ1) is 18.4. The Morgan fingerprint density at radius 1 is 0.929 bits per heavy atom. The largest absolute Gasteiger partial charge is 0.280 e. The van der Waals surface area contributed by atoms with Crippen LogP contribution in [0.5, 0.6) is 0 Å². The number of halogens is 2. The molecule has 0 heterocycles. The van der Waals surface area contributed by atoms with E-state index >= 15 is 0 Å². The fraction of sp³-hybridized carbons (Fsp3) is 0.455. The van der Waals surface area contributed by atoms with Crippen LogP contribution in [0, 0.1) is 23.6 Å². The van der Waals surface area contributed by atoms with Gasteiger partial charge in [0.25, 0.3) is 10.0 Å². The molecule has 0 aliphatic heterocycles. The third-order valence-electron chi connectivity index (χ3n) is 6.99. The molecule has 0 saturated heterocycles. The minimum atomic E-state index is -3.75. The molecule has 1 N–H and O–H groups in total. The molecule has 0 amide bonds. The molecule has 0 unspecified atom stereocenters. The van der Waals surface area contributed by atoms with E-state index in [1.54, 1.807) is 12.1 Å². The maximum atomic E-state index is 13.3. The van der Waals surface area contributed by atoms with Crippen LogP contribution in [-0.2, 0) is 15.4 Å². The predicted molar refractivity (Wildman–Crippen MR) is 109 cm³/mol. The lowest BCUT2D eigenvalue weighted by Gasteiger charge is -2.57. The molecular formula is C22H23ClFNO2S. The van der Waals surface area contributed by atoms with Gasteiger partial charge in [-0.05, 0) is 97.6 Å². The Morgan fingerprint density at radius 3 is 2.04 bits per heavy atom. The van der Waals surface area contributed by atoms with E-state index in [2.05, 4.69) is 4.72 Å². The van der Waals surface area contributed by atoms with Crippen LogP contribution in [0.25, 0.3) is 0 Å². The summed E-state index contributed by atoms with van der Waals surface area (Å²) >= 11 is 5.75. The minimum Gasteiger partial charge on any atom is -0.280 e. The first-order valence-corrected chi connectivity index (χ1v) is 11.8. The molecule has 28 heavy (non-hydrogen) atoms. The van der Waals surface area contributed by atoms with Crippen molar-refractivity contribution >= 4 is 27.3 Å². The van der Waals surface area contributed by atoms with Gasteiger partial charge in [0.15, 0.2) is 0 Å². The van der Waals surface area contributed by atoms with E-state index in [-0.39, 0.29) is 21.0 Å². The lowest BCUT2D eigenvalue weighted by molar-refractivity contribution is -0.00521. The van der Waals surface area contributed by atoms with Crippen molar-refractivity contribution in [3.05, 3.63) is 58.9 Å². The highest BCUT2D eigenvalue weighted by Crippen LogP contribution is 2.60. The monoisotopic (exact) mass is 419 g/mol. The van der Waals surface area contributed by atoms with E-state index in [9.17, 15) is 12.8 Å². The Bertz CT molecular complexity index is 984. The summed E-state index contributed by atoms with van der Waals surface area (Å²) in [5.41, 5.74) is 1.78. The van der Waals surface area contributed by atoms with E-state index in [4.69, 9.17) is 11.6 Å². The number of rotatable bonds is 4. The number of sulfonamides is 1. The second-order valence-corrected chi connectivity index (χ2v) is 11.0. The van der Waals surface area contributed by atoms with Crippen LogP contribution in [0.1, 0.15) is 44.1 Å². The molecule has 0 radical (unpaired) electrons. The van der Waals surface area contributed by atoms with Crippen LogP contribution in [0.4, 0.5) is 10.1 Å². The molecule has 6 heteroatoms. The highest BCUT2D eigenvalue weighted by atomic mass is 35.5. The standard InChI is InChI=1S/C22H23ClFNO2S/c23-20-10-18(3-6-21(20)24)25-28(26,27)19-4-1-17(2-5-19)22-11-14-7-15(12-22)9-16(8-14)13-22/h1-6,10,14-16,25H,7-9,11-13H2. The van der Waals surface area contributed by atoms with Crippen LogP contribution in [0.3, 0.4) is 0 Å². The number of hydrogen-bond acceptors (Lipinski definition) is 2. The second-order valence-electron chi connectivity index (χ2n) is 8.96. The van der Waals surface area contributed by atoms with Gasteiger partial charge in [-0.2, -0.15) is 0 Å². The van der Waals surface area contributed by atoms with Gasteiger partial charge in [0, 0.05) is 0 Å². The molecule has 148 valence electrons. The zero-order chi connectivity index (χ0) is 19.5. The summed E-state index contributed by atoms with van der Waals surface area (Å²) in [7, 11) is -3.75. The van der Waals surface area contributed by atoms with Gasteiger partial charge < -0.3 is 0 Å². The number of benzene rings is 2. The van der Waals surface area contributed by atoms with E-state index in [1.165, 1.54) is 56.2 Å². The van der Waals surface area contributed by atoms with Crippen molar-refractivity contribution in [2.45, 2.75) is 48.8 Å². The van der Waals surface area contributed by atoms with Crippen molar-refractivity contribution in [2.75, 3.05) is 4.72 Å². The van der Waals surface area contributed by atoms with Gasteiger partial charge in [0.05, 0.1) is 15.6 Å². The van der Waals surface area contributed by atoms with E-state index in [0.717, 1.165) is 23.8 Å². The Labute approximate surface area is 170 Å². The Kier molecular flexibility index (Phi) is 4.25. The van der Waals surface area contributed by atoms with Crippen molar-refractivity contribution in [3.63, 3.8) is 0 Å². The zero-order valence-corrected chi connectivity index (χ0v) is 17.1. The minimum absolute atomic E-state index is 0.114. The van der Waals surface area contributed by atoms with Crippen LogP contribution in [0.15, 0.2) is 47.4 Å². The summed E-state index contributed by atoms with van der Waals surface area (Å²) in [6.45, 7) is 0. The molecule has 4 aliphatic rings. The Balaban J connectivity index is 1.39. The summed E-state index contributed by atoms with van der Waals surface area (Å²) in [5.74, 6) is 1.96. The van der Waals surface area contributed by atoms with Gasteiger partial charge >= 0.3 is 0 Å². The third-order valence-corrected chi connectivity index (χ3v) is 8.67. The van der Waals surface area contributed by atoms with Gasteiger partial charge in [0.2, 0.25) is 0 Å². The molecule has 6 rings (SSSR count). The molecular weight excluding hydrogens is 397 g/mol. The van der Waals surface area contributed by atoms with Gasteiger partial charge in [-0.3, -0.25) is 4.72 Å². The molecule has 2 aromatic carbocycles.